The number of carbonyl (C=O) groups is 2. The molecule has 2 saturated heterocycles. The molecule has 0 bridgehead atoms. The number of likely N-dealkylation sites (tertiary alicyclic amines) is 1. The number of aliphatic hydroxyl groups is 1. The van der Waals surface area contributed by atoms with Crippen molar-refractivity contribution in [2.45, 2.75) is 36.0 Å². The molecule has 14 heteroatoms. The van der Waals surface area contributed by atoms with E-state index in [1.165, 1.54) is 29.2 Å². The highest BCUT2D eigenvalue weighted by atomic mass is 32.2. The van der Waals surface area contributed by atoms with E-state index < -0.39 is 69.6 Å². The molecule has 0 spiro atoms. The van der Waals surface area contributed by atoms with Crippen molar-refractivity contribution >= 4 is 21.8 Å². The lowest BCUT2D eigenvalue weighted by Crippen LogP contribution is -2.49. The summed E-state index contributed by atoms with van der Waals surface area (Å²) in [5, 5.41) is 21.0. The maximum Gasteiger partial charge on any atom is 0.419 e. The Balaban J connectivity index is 1.51. The summed E-state index contributed by atoms with van der Waals surface area (Å²) in [5.41, 5.74) is -2.10. The fraction of sp³-hybridized carbons (Fsp3) is 0.400. The minimum Gasteiger partial charge on any atom is -0.394 e. The van der Waals surface area contributed by atoms with Crippen LogP contribution in [0, 0.1) is 23.1 Å². The molecule has 2 fully saturated rings. The van der Waals surface area contributed by atoms with E-state index in [1.807, 2.05) is 6.07 Å². The molecule has 2 heterocycles. The zero-order chi connectivity index (χ0) is 28.5. The van der Waals surface area contributed by atoms with Gasteiger partial charge in [-0.25, -0.2) is 12.8 Å². The van der Waals surface area contributed by atoms with Crippen molar-refractivity contribution in [2.24, 2.45) is 5.92 Å². The molecule has 4 rings (SSSR count). The lowest BCUT2D eigenvalue weighted by molar-refractivity contribution is -0.140. The third kappa shape index (κ3) is 5.61. The molecule has 0 unspecified atom stereocenters. The van der Waals surface area contributed by atoms with Gasteiger partial charge in [0.25, 0.3) is 5.91 Å². The van der Waals surface area contributed by atoms with Crippen LogP contribution in [0.1, 0.15) is 40.4 Å². The van der Waals surface area contributed by atoms with Gasteiger partial charge < -0.3 is 15.3 Å². The van der Waals surface area contributed by atoms with Crippen molar-refractivity contribution in [3.05, 3.63) is 65.0 Å². The minimum atomic E-state index is -4.98. The van der Waals surface area contributed by atoms with Gasteiger partial charge in [0.05, 0.1) is 35.1 Å². The van der Waals surface area contributed by atoms with E-state index in [4.69, 9.17) is 5.26 Å². The summed E-state index contributed by atoms with van der Waals surface area (Å²) in [7, 11) is -3.93. The van der Waals surface area contributed by atoms with E-state index in [2.05, 4.69) is 5.32 Å². The second-order valence-corrected chi connectivity index (χ2v) is 11.2. The first-order chi connectivity index (χ1) is 18.4. The minimum absolute atomic E-state index is 0.00392. The number of hydrogen-bond donors (Lipinski definition) is 2. The van der Waals surface area contributed by atoms with Gasteiger partial charge in [-0.2, -0.15) is 22.7 Å². The zero-order valence-electron chi connectivity index (χ0n) is 20.4. The van der Waals surface area contributed by atoms with Gasteiger partial charge in [-0.3, -0.25) is 9.59 Å². The number of amides is 2. The van der Waals surface area contributed by atoms with Crippen LogP contribution in [0.25, 0.3) is 0 Å². The summed E-state index contributed by atoms with van der Waals surface area (Å²) < 4.78 is 80.8. The lowest BCUT2D eigenvalue weighted by Gasteiger charge is -2.34. The smallest absolute Gasteiger partial charge is 0.394 e. The third-order valence-electron chi connectivity index (χ3n) is 6.77. The molecule has 0 radical (unpaired) electrons. The van der Waals surface area contributed by atoms with Gasteiger partial charge >= 0.3 is 6.18 Å². The number of aliphatic hydroxyl groups excluding tert-OH is 1. The summed E-state index contributed by atoms with van der Waals surface area (Å²) >= 11 is 0. The van der Waals surface area contributed by atoms with Crippen molar-refractivity contribution in [2.75, 3.05) is 26.2 Å². The second kappa shape index (κ2) is 10.9. The fourth-order valence-electron chi connectivity index (χ4n) is 4.63. The quantitative estimate of drug-likeness (QED) is 0.494. The number of nitrogens with one attached hydrogen (secondary N) is 1. The van der Waals surface area contributed by atoms with Gasteiger partial charge in [-0.05, 0) is 37.1 Å². The Bertz CT molecular complexity index is 1420. The molecule has 208 valence electrons. The predicted molar refractivity (Wildman–Crippen MR) is 128 cm³/mol. The molecule has 2 aliphatic heterocycles. The summed E-state index contributed by atoms with van der Waals surface area (Å²) in [6.45, 7) is -0.660. The maximum absolute atomic E-state index is 14.6. The number of alkyl halides is 3. The van der Waals surface area contributed by atoms with E-state index in [1.54, 1.807) is 0 Å². The van der Waals surface area contributed by atoms with Crippen LogP contribution in [-0.2, 0) is 21.0 Å². The Labute approximate surface area is 221 Å². The Hall–Kier alpha value is -3.54. The summed E-state index contributed by atoms with van der Waals surface area (Å²) in [6, 6.07) is 7.20. The SMILES string of the molecule is N#CC1CN(S(=O)(=O)c2cccc(C(=O)N3CCC[C@@H]3C(=O)N[C@H](CO)c3cccc(C(F)(F)F)c3F)c2)C1. The maximum atomic E-state index is 14.6. The van der Waals surface area contributed by atoms with E-state index in [0.29, 0.717) is 12.5 Å². The van der Waals surface area contributed by atoms with Gasteiger partial charge in [-0.1, -0.05) is 18.2 Å². The van der Waals surface area contributed by atoms with Crippen LogP contribution in [0.15, 0.2) is 47.4 Å². The van der Waals surface area contributed by atoms with E-state index >= 15 is 0 Å². The van der Waals surface area contributed by atoms with Crippen molar-refractivity contribution in [1.82, 2.24) is 14.5 Å². The molecular formula is C25H24F4N4O5S. The molecular weight excluding hydrogens is 544 g/mol. The van der Waals surface area contributed by atoms with Crippen LogP contribution in [-0.4, -0.2) is 66.8 Å². The van der Waals surface area contributed by atoms with Crippen LogP contribution >= 0.6 is 0 Å². The number of carbonyl (C=O) groups excluding carboxylic acids is 2. The first kappa shape index (κ1) is 28.5. The number of nitrogens with zero attached hydrogens (tertiary/aromatic N) is 3. The molecule has 2 atom stereocenters. The van der Waals surface area contributed by atoms with Gasteiger partial charge in [0, 0.05) is 30.8 Å². The molecule has 9 nitrogen and oxygen atoms in total. The Morgan fingerprint density at radius 1 is 1.18 bits per heavy atom. The Morgan fingerprint density at radius 2 is 1.87 bits per heavy atom. The zero-order valence-corrected chi connectivity index (χ0v) is 21.2. The highest BCUT2D eigenvalue weighted by Gasteiger charge is 2.40. The highest BCUT2D eigenvalue weighted by molar-refractivity contribution is 7.89. The van der Waals surface area contributed by atoms with Crippen molar-refractivity contribution in [3.63, 3.8) is 0 Å². The van der Waals surface area contributed by atoms with Crippen molar-refractivity contribution < 1.29 is 40.7 Å². The summed E-state index contributed by atoms with van der Waals surface area (Å²) in [5.74, 6) is -3.47. The standard InChI is InChI=1S/C25H24F4N4O5S/c26-22-18(6-2-7-19(22)25(27,28)29)20(14-34)31-23(35)21-8-3-9-33(21)24(36)16-4-1-5-17(10-16)39(37,38)32-12-15(11-30)13-32/h1-2,4-7,10,15,20-21,34H,3,8-9,12-14H2,(H,31,35)/t20-,21-/m1/s1. The van der Waals surface area contributed by atoms with Crippen molar-refractivity contribution in [1.29, 1.82) is 5.26 Å². The Morgan fingerprint density at radius 3 is 2.51 bits per heavy atom. The second-order valence-electron chi connectivity index (χ2n) is 9.28. The van der Waals surface area contributed by atoms with Gasteiger partial charge in [0.15, 0.2) is 0 Å². The number of sulfonamides is 1. The first-order valence-corrected chi connectivity index (χ1v) is 13.4. The molecule has 2 amide bonds. The largest absolute Gasteiger partial charge is 0.419 e. The summed E-state index contributed by atoms with van der Waals surface area (Å²) in [6.07, 6.45) is -4.37. The van der Waals surface area contributed by atoms with Crippen molar-refractivity contribution in [3.8, 4) is 6.07 Å². The predicted octanol–water partition coefficient (Wildman–Crippen LogP) is 2.44. The number of rotatable bonds is 7. The molecule has 0 aliphatic carbocycles. The fourth-order valence-corrected chi connectivity index (χ4v) is 6.21. The molecule has 0 aromatic heterocycles. The number of nitriles is 1. The van der Waals surface area contributed by atoms with Crippen LogP contribution in [0.4, 0.5) is 17.6 Å². The normalized spacial score (nSPS) is 19.3. The van der Waals surface area contributed by atoms with E-state index in [9.17, 15) is 40.7 Å². The average molecular weight is 569 g/mol. The van der Waals surface area contributed by atoms with E-state index in [0.717, 1.165) is 16.4 Å². The number of benzene rings is 2. The monoisotopic (exact) mass is 568 g/mol. The molecule has 0 saturated carbocycles. The summed E-state index contributed by atoms with van der Waals surface area (Å²) in [4.78, 5) is 27.4. The van der Waals surface area contributed by atoms with Crippen LogP contribution < -0.4 is 5.32 Å². The molecule has 2 aliphatic rings. The first-order valence-electron chi connectivity index (χ1n) is 12.0. The molecule has 2 N–H and O–H groups in total. The number of halogens is 4. The molecule has 39 heavy (non-hydrogen) atoms. The van der Waals surface area contributed by atoms with E-state index in [-0.39, 0.29) is 36.5 Å². The Kier molecular flexibility index (Phi) is 7.97. The number of hydrogen-bond acceptors (Lipinski definition) is 6. The average Bonchev–Trinajstić information content (AvgIpc) is 3.36. The van der Waals surface area contributed by atoms with Crippen LogP contribution in [0.3, 0.4) is 0 Å². The van der Waals surface area contributed by atoms with Crippen LogP contribution in [0.2, 0.25) is 0 Å². The van der Waals surface area contributed by atoms with Crippen LogP contribution in [0.5, 0.6) is 0 Å². The van der Waals surface area contributed by atoms with Gasteiger partial charge in [-0.15, -0.1) is 0 Å². The molecule has 2 aromatic rings. The topological polar surface area (TPSA) is 131 Å². The highest BCUT2D eigenvalue weighted by Crippen LogP contribution is 2.34. The van der Waals surface area contributed by atoms with Gasteiger partial charge in [0.1, 0.15) is 11.9 Å². The lowest BCUT2D eigenvalue weighted by atomic mass is 10.0. The molecule has 2 aromatic carbocycles. The van der Waals surface area contributed by atoms with Gasteiger partial charge in [0.2, 0.25) is 15.9 Å². The third-order valence-corrected chi connectivity index (χ3v) is 8.60.